The lowest BCUT2D eigenvalue weighted by molar-refractivity contribution is 0.0911. The molecule has 1 heterocycles. The monoisotopic (exact) mass is 400 g/mol. The van der Waals surface area contributed by atoms with E-state index in [0.29, 0.717) is 15.9 Å². The number of halogens is 1. The van der Waals surface area contributed by atoms with E-state index in [1.54, 1.807) is 18.2 Å². The topological polar surface area (TPSA) is 64.3 Å². The molecule has 1 N–H and O–H groups in total. The number of rotatable bonds is 5. The maximum Gasteiger partial charge on any atom is 0.261 e. The highest BCUT2D eigenvalue weighted by molar-refractivity contribution is 6.31. The number of benzene rings is 2. The Bertz CT molecular complexity index is 1050. The van der Waals surface area contributed by atoms with Gasteiger partial charge in [-0.3, -0.25) is 9.36 Å². The van der Waals surface area contributed by atoms with Crippen LogP contribution in [0, 0.1) is 6.92 Å². The Balaban J connectivity index is 1.70. The summed E-state index contributed by atoms with van der Waals surface area (Å²) in [5.41, 5.74) is 2.64. The zero-order chi connectivity index (χ0) is 20.5. The molecule has 148 valence electrons. The zero-order valence-corrected chi connectivity index (χ0v) is 17.3. The summed E-state index contributed by atoms with van der Waals surface area (Å²) in [5, 5.41) is 11.3. The van der Waals surface area contributed by atoms with Gasteiger partial charge < -0.3 is 9.84 Å². The molecule has 0 radical (unpaired) electrons. The second-order valence-corrected chi connectivity index (χ2v) is 8.50. The summed E-state index contributed by atoms with van der Waals surface area (Å²) in [5.74, 6) is 0.725. The van der Waals surface area contributed by atoms with Gasteiger partial charge in [0.2, 0.25) is 0 Å². The van der Waals surface area contributed by atoms with Gasteiger partial charge in [-0.2, -0.15) is 0 Å². The number of hydrogen-bond donors (Lipinski definition) is 1. The summed E-state index contributed by atoms with van der Waals surface area (Å²) in [6.45, 7) is 8.64. The quantitative estimate of drug-likeness (QED) is 0.700. The van der Waals surface area contributed by atoms with Crippen molar-refractivity contribution < 1.29 is 9.84 Å². The highest BCUT2D eigenvalue weighted by Gasteiger charge is 2.16. The van der Waals surface area contributed by atoms with Gasteiger partial charge in [0.15, 0.2) is 0 Å². The summed E-state index contributed by atoms with van der Waals surface area (Å²) in [6.07, 6.45) is 0.586. The van der Waals surface area contributed by atoms with Gasteiger partial charge in [0.05, 0.1) is 23.8 Å². The number of aliphatic hydroxyl groups is 1. The van der Waals surface area contributed by atoms with E-state index in [4.69, 9.17) is 16.3 Å². The first-order valence-corrected chi connectivity index (χ1v) is 9.59. The van der Waals surface area contributed by atoms with Crippen molar-refractivity contribution in [2.24, 2.45) is 0 Å². The van der Waals surface area contributed by atoms with E-state index in [-0.39, 0.29) is 24.1 Å². The molecule has 3 rings (SSSR count). The van der Waals surface area contributed by atoms with Crippen LogP contribution in [0.2, 0.25) is 5.02 Å². The first-order valence-electron chi connectivity index (χ1n) is 9.22. The number of fused-ring (bicyclic) bond motifs is 1. The summed E-state index contributed by atoms with van der Waals surface area (Å²) in [7, 11) is 0. The van der Waals surface area contributed by atoms with Crippen LogP contribution in [0.3, 0.4) is 0 Å². The van der Waals surface area contributed by atoms with Gasteiger partial charge in [-0.25, -0.2) is 4.98 Å². The molecule has 1 atom stereocenters. The van der Waals surface area contributed by atoms with Crippen LogP contribution >= 0.6 is 11.6 Å². The van der Waals surface area contributed by atoms with Gasteiger partial charge in [0.25, 0.3) is 5.56 Å². The third-order valence-corrected chi connectivity index (χ3v) is 4.90. The minimum atomic E-state index is -0.849. The largest absolute Gasteiger partial charge is 0.491 e. The van der Waals surface area contributed by atoms with E-state index in [9.17, 15) is 9.90 Å². The second-order valence-electron chi connectivity index (χ2n) is 8.06. The lowest BCUT2D eigenvalue weighted by Gasteiger charge is -2.21. The number of aromatic nitrogens is 2. The Hall–Kier alpha value is -2.37. The van der Waals surface area contributed by atoms with E-state index < -0.39 is 6.10 Å². The molecule has 6 heteroatoms. The van der Waals surface area contributed by atoms with Crippen LogP contribution in [-0.4, -0.2) is 27.4 Å². The number of aliphatic hydroxyl groups excluding tert-OH is 1. The predicted octanol–water partition coefficient (Wildman–Crippen LogP) is 4.10. The Morgan fingerprint density at radius 3 is 2.64 bits per heavy atom. The van der Waals surface area contributed by atoms with Gasteiger partial charge in [-0.05, 0) is 47.7 Å². The van der Waals surface area contributed by atoms with Crippen molar-refractivity contribution in [3.05, 3.63) is 69.2 Å². The third-order valence-electron chi connectivity index (χ3n) is 4.67. The minimum Gasteiger partial charge on any atom is -0.491 e. The average molecular weight is 401 g/mol. The van der Waals surface area contributed by atoms with Gasteiger partial charge in [-0.1, -0.05) is 44.5 Å². The molecule has 3 aromatic rings. The predicted molar refractivity (Wildman–Crippen MR) is 112 cm³/mol. The molecule has 0 amide bonds. The smallest absolute Gasteiger partial charge is 0.261 e. The van der Waals surface area contributed by atoms with E-state index in [2.05, 4.69) is 31.8 Å². The standard InChI is InChI=1S/C22H25ClN2O3/c1-14-9-15(22(2,3)4)5-8-20(14)28-12-17(26)11-25-13-24-19-7-6-16(23)10-18(19)21(25)27/h5-10,13,17,26H,11-12H2,1-4H3. The molecule has 0 spiro atoms. The van der Waals surface area contributed by atoms with Crippen LogP contribution < -0.4 is 10.3 Å². The molecule has 0 saturated heterocycles. The number of ether oxygens (including phenoxy) is 1. The Labute approximate surface area is 169 Å². The normalized spacial score (nSPS) is 12.9. The summed E-state index contributed by atoms with van der Waals surface area (Å²) in [4.78, 5) is 16.8. The molecule has 1 aromatic heterocycles. The Morgan fingerprint density at radius 2 is 1.96 bits per heavy atom. The molecule has 2 aromatic carbocycles. The SMILES string of the molecule is Cc1cc(C(C)(C)C)ccc1OCC(O)Cn1cnc2ccc(Cl)cc2c1=O. The fourth-order valence-corrected chi connectivity index (χ4v) is 3.18. The number of hydrogen-bond acceptors (Lipinski definition) is 4. The van der Waals surface area contributed by atoms with Crippen LogP contribution in [0.25, 0.3) is 10.9 Å². The van der Waals surface area contributed by atoms with Gasteiger partial charge in [-0.15, -0.1) is 0 Å². The molecule has 0 aliphatic heterocycles. The van der Waals surface area contributed by atoms with Gasteiger partial charge >= 0.3 is 0 Å². The highest BCUT2D eigenvalue weighted by atomic mass is 35.5. The van der Waals surface area contributed by atoms with Crippen molar-refractivity contribution in [3.63, 3.8) is 0 Å². The maximum absolute atomic E-state index is 12.6. The van der Waals surface area contributed by atoms with Crippen molar-refractivity contribution in [2.45, 2.75) is 45.8 Å². The molecule has 28 heavy (non-hydrogen) atoms. The minimum absolute atomic E-state index is 0.0654. The highest BCUT2D eigenvalue weighted by Crippen LogP contribution is 2.27. The summed E-state index contributed by atoms with van der Waals surface area (Å²) < 4.78 is 7.16. The number of aryl methyl sites for hydroxylation is 1. The Morgan fingerprint density at radius 1 is 1.21 bits per heavy atom. The van der Waals surface area contributed by atoms with E-state index >= 15 is 0 Å². The van der Waals surface area contributed by atoms with Crippen molar-refractivity contribution in [1.82, 2.24) is 9.55 Å². The summed E-state index contributed by atoms with van der Waals surface area (Å²) in [6, 6.07) is 11.0. The third kappa shape index (κ3) is 4.54. The van der Waals surface area contributed by atoms with E-state index in [1.807, 2.05) is 19.1 Å². The van der Waals surface area contributed by atoms with Crippen molar-refractivity contribution in [2.75, 3.05) is 6.61 Å². The van der Waals surface area contributed by atoms with Gasteiger partial charge in [0.1, 0.15) is 18.5 Å². The molecule has 0 bridgehead atoms. The van der Waals surface area contributed by atoms with Crippen LogP contribution in [0.1, 0.15) is 31.9 Å². The zero-order valence-electron chi connectivity index (χ0n) is 16.6. The van der Waals surface area contributed by atoms with Gasteiger partial charge in [0, 0.05) is 5.02 Å². The molecule has 0 aliphatic carbocycles. The number of nitrogens with zero attached hydrogens (tertiary/aromatic N) is 2. The molecular weight excluding hydrogens is 376 g/mol. The Kier molecular flexibility index (Phi) is 5.77. The lowest BCUT2D eigenvalue weighted by Crippen LogP contribution is -2.30. The molecule has 0 aliphatic rings. The maximum atomic E-state index is 12.6. The van der Waals surface area contributed by atoms with Crippen molar-refractivity contribution in [1.29, 1.82) is 0 Å². The molecule has 1 unspecified atom stereocenters. The second kappa shape index (κ2) is 7.94. The molecular formula is C22H25ClN2O3. The van der Waals surface area contributed by atoms with Crippen LogP contribution in [0.15, 0.2) is 47.5 Å². The van der Waals surface area contributed by atoms with E-state index in [1.165, 1.54) is 16.5 Å². The first-order chi connectivity index (χ1) is 13.1. The molecule has 0 saturated carbocycles. The fourth-order valence-electron chi connectivity index (χ4n) is 3.00. The van der Waals surface area contributed by atoms with E-state index in [0.717, 1.165) is 11.3 Å². The molecule has 0 fully saturated rings. The van der Waals surface area contributed by atoms with Crippen LogP contribution in [0.4, 0.5) is 0 Å². The average Bonchev–Trinajstić information content (AvgIpc) is 2.62. The van der Waals surface area contributed by atoms with Crippen LogP contribution in [-0.2, 0) is 12.0 Å². The molecule has 5 nitrogen and oxygen atoms in total. The van der Waals surface area contributed by atoms with Crippen LogP contribution in [0.5, 0.6) is 5.75 Å². The first kappa shape index (κ1) is 20.4. The van der Waals surface area contributed by atoms with Crippen molar-refractivity contribution >= 4 is 22.5 Å². The van der Waals surface area contributed by atoms with Crippen molar-refractivity contribution in [3.8, 4) is 5.75 Å². The fraction of sp³-hybridized carbons (Fsp3) is 0.364. The summed E-state index contributed by atoms with van der Waals surface area (Å²) >= 11 is 5.97. The lowest BCUT2D eigenvalue weighted by atomic mass is 9.86.